The van der Waals surface area contributed by atoms with Crippen molar-refractivity contribution in [2.24, 2.45) is 21.7 Å². The van der Waals surface area contributed by atoms with Gasteiger partial charge in [-0.15, -0.1) is 50.5 Å². The zero-order chi connectivity index (χ0) is 34.8. The van der Waals surface area contributed by atoms with Gasteiger partial charge in [0.15, 0.2) is 0 Å². The van der Waals surface area contributed by atoms with Crippen molar-refractivity contribution in [1.82, 2.24) is 0 Å². The molecule has 0 nitrogen and oxygen atoms in total. The summed E-state index contributed by atoms with van der Waals surface area (Å²) < 4.78 is 0. The molecule has 6 heteroatoms. The van der Waals surface area contributed by atoms with E-state index in [1.54, 1.807) is 0 Å². The smallest absolute Gasteiger partial charge is 0.147 e. The molecular weight excluding hydrogens is 964 g/mol. The van der Waals surface area contributed by atoms with Crippen molar-refractivity contribution in [2.45, 2.75) is 135 Å². The Hall–Kier alpha value is 0.674. The molecule has 0 aliphatic heterocycles. The van der Waals surface area contributed by atoms with Gasteiger partial charge in [-0.3, -0.25) is 24.3 Å². The van der Waals surface area contributed by atoms with E-state index in [9.17, 15) is 0 Å². The van der Waals surface area contributed by atoms with Gasteiger partial charge in [0.2, 0.25) is 0 Å². The molecule has 4 aliphatic carbocycles. The quantitative estimate of drug-likeness (QED) is 0.168. The molecule has 0 N–H and O–H groups in total. The van der Waals surface area contributed by atoms with E-state index >= 15 is 0 Å². The van der Waals surface area contributed by atoms with Gasteiger partial charge in [0.05, 0.1) is 0 Å². The molecule has 0 amide bonds. The summed E-state index contributed by atoms with van der Waals surface area (Å²) >= 11 is 2.90. The molecule has 0 atom stereocenters. The maximum absolute atomic E-state index is 3.16. The van der Waals surface area contributed by atoms with Crippen molar-refractivity contribution in [3.63, 3.8) is 0 Å². The van der Waals surface area contributed by atoms with Crippen LogP contribution in [0.1, 0.15) is 109 Å². The minimum Gasteiger partial charge on any atom is -0.147 e. The maximum Gasteiger partial charge on any atom is -0.147 e. The Morgan fingerprint density at radius 2 is 0.543 bits per heavy atom. The van der Waals surface area contributed by atoms with Crippen LogP contribution >= 0.6 is 24.8 Å². The van der Waals surface area contributed by atoms with E-state index in [1.807, 2.05) is 0 Å². The molecule has 0 unspecified atom stereocenters. The summed E-state index contributed by atoms with van der Waals surface area (Å²) in [6, 6.07) is 0. The number of hydrogen-bond acceptors (Lipinski definition) is 0. The fraction of sp³-hybridized carbons (Fsp3) is 0.600. The van der Waals surface area contributed by atoms with Crippen LogP contribution in [0.15, 0.2) is 70.9 Å². The Labute approximate surface area is 330 Å². The van der Waals surface area contributed by atoms with E-state index in [0.717, 1.165) is 25.7 Å². The van der Waals surface area contributed by atoms with Gasteiger partial charge >= 0.3 is 83.2 Å². The summed E-state index contributed by atoms with van der Waals surface area (Å²) in [6.45, 7) is 36.0. The largest absolute Gasteiger partial charge is 0.147 e. The summed E-state index contributed by atoms with van der Waals surface area (Å²) in [5.74, 6) is 0. The molecule has 0 heterocycles. The molecule has 0 aromatic rings. The molecule has 4 rings (SSSR count). The van der Waals surface area contributed by atoms with Crippen LogP contribution in [-0.4, -0.2) is 11.0 Å². The maximum atomic E-state index is 3.16. The first-order valence-corrected chi connectivity index (χ1v) is 31.8. The van der Waals surface area contributed by atoms with Crippen LogP contribution in [0.3, 0.4) is 0 Å². The number of rotatable bonds is 0. The Kier molecular flexibility index (Phi) is 30.8. The number of halogens is 2. The van der Waals surface area contributed by atoms with E-state index in [-0.39, 0.29) is 35.8 Å². The topological polar surface area (TPSA) is 0 Å². The Morgan fingerprint density at radius 1 is 0.413 bits per heavy atom. The third kappa shape index (κ3) is 30.7. The van der Waals surface area contributed by atoms with E-state index in [2.05, 4.69) is 182 Å². The summed E-state index contributed by atoms with van der Waals surface area (Å²) in [6.07, 6.45) is 34.0. The van der Waals surface area contributed by atoms with E-state index in [4.69, 9.17) is 0 Å². The molecule has 256 valence electrons. The van der Waals surface area contributed by atoms with Gasteiger partial charge in [-0.05, 0) is 0 Å². The zero-order valence-electron chi connectivity index (χ0n) is 32.3. The zero-order valence-corrected chi connectivity index (χ0v) is 43.1. The third-order valence-corrected chi connectivity index (χ3v) is 6.25. The molecule has 0 radical (unpaired) electrons. The molecule has 0 spiro atoms. The molecule has 0 aromatic heterocycles. The fourth-order valence-corrected chi connectivity index (χ4v) is 3.68. The van der Waals surface area contributed by atoms with Gasteiger partial charge in [-0.2, -0.15) is 46.6 Å². The molecule has 46 heavy (non-hydrogen) atoms. The van der Waals surface area contributed by atoms with Crippen molar-refractivity contribution >= 4 is 35.8 Å². The van der Waals surface area contributed by atoms with Crippen LogP contribution in [0, 0.1) is 46.0 Å². The van der Waals surface area contributed by atoms with Crippen LogP contribution in [0.2, 0.25) is 26.2 Å². The van der Waals surface area contributed by atoms with Crippen LogP contribution in [0.4, 0.5) is 0 Å². The van der Waals surface area contributed by atoms with E-state index in [0.29, 0.717) is 21.7 Å². The van der Waals surface area contributed by atoms with Gasteiger partial charge in [-0.25, -0.2) is 24.3 Å². The molecule has 0 aromatic carbocycles. The first-order chi connectivity index (χ1) is 19.9. The second-order valence-electron chi connectivity index (χ2n) is 15.8. The Bertz CT molecular complexity index is 970. The van der Waals surface area contributed by atoms with Crippen molar-refractivity contribution in [3.8, 4) is 0 Å². The molecule has 0 saturated carbocycles. The van der Waals surface area contributed by atoms with Gasteiger partial charge in [-0.1, -0.05) is 105 Å². The van der Waals surface area contributed by atoms with Gasteiger partial charge in [0.1, 0.15) is 0 Å². The minimum atomic E-state index is 0. The van der Waals surface area contributed by atoms with E-state index in [1.165, 1.54) is 68.3 Å². The van der Waals surface area contributed by atoms with Crippen LogP contribution in [-0.2, 0) is 46.0 Å². The van der Waals surface area contributed by atoms with Crippen LogP contribution in [0.25, 0.3) is 0 Å². The summed E-state index contributed by atoms with van der Waals surface area (Å²) in [7, 11) is 0. The van der Waals surface area contributed by atoms with Crippen molar-refractivity contribution in [1.29, 1.82) is 0 Å². The van der Waals surface area contributed by atoms with Gasteiger partial charge in [0.25, 0.3) is 0 Å². The number of hydrogen-bond donors (Lipinski definition) is 0. The second kappa shape index (κ2) is 26.5. The molecule has 0 fully saturated rings. The SMILES string of the molecule is CC(C)(C)C1=CC[C-]=C1.CC(C)(C)C1=CC[C-]=C1.CC(C)(C)C1=CC[C-]=C1.CC(C)(C)C1=CC[C-]=C1.C[Si](C)=[Hf+2].C[Si](C)=[Hf+2].Cl.Cl. The van der Waals surface area contributed by atoms with Crippen LogP contribution in [0.5, 0.6) is 0 Å². The van der Waals surface area contributed by atoms with Crippen molar-refractivity contribution < 1.29 is 46.0 Å². The normalized spacial score (nSPS) is 15.6. The minimum absolute atomic E-state index is 0. The van der Waals surface area contributed by atoms with E-state index < -0.39 is 0 Å². The van der Waals surface area contributed by atoms with Crippen molar-refractivity contribution in [2.75, 3.05) is 0 Å². The standard InChI is InChI=1S/4C9H13.2C2H6Si.2ClH.2Hf/c4*1-9(2,3)8-6-4-5-7-8;2*1-3-2;;;;/h4*6-7H,4H2,1-3H3;2*1-2H3;2*1H;;/q4*-1;;;;;2*+2. The predicted octanol–water partition coefficient (Wildman–Crippen LogP) is 13.3. The fourth-order valence-electron chi connectivity index (χ4n) is 3.68. The summed E-state index contributed by atoms with van der Waals surface area (Å²) in [5, 5.41) is 0. The molecule has 4 aliphatic rings. The molecule has 0 bridgehead atoms. The Morgan fingerprint density at radius 3 is 0.587 bits per heavy atom. The third-order valence-electron chi connectivity index (χ3n) is 6.25. The van der Waals surface area contributed by atoms with Gasteiger partial charge in [0, 0.05) is 0 Å². The first kappa shape index (κ1) is 53.5. The van der Waals surface area contributed by atoms with Crippen molar-refractivity contribution in [3.05, 3.63) is 95.2 Å². The van der Waals surface area contributed by atoms with Crippen LogP contribution < -0.4 is 0 Å². The average Bonchev–Trinajstić information content (AvgIpc) is 3.64. The molecule has 0 saturated heterocycles. The second-order valence-corrected chi connectivity index (χ2v) is 41.4. The first-order valence-electron chi connectivity index (χ1n) is 16.0. The summed E-state index contributed by atoms with van der Waals surface area (Å²) in [4.78, 5) is 0. The summed E-state index contributed by atoms with van der Waals surface area (Å²) in [5.41, 5.74) is 7.49. The Balaban J connectivity index is -0.000000234. The predicted molar refractivity (Wildman–Crippen MR) is 209 cm³/mol. The number of allylic oxidation sites excluding steroid dienone is 16. The van der Waals surface area contributed by atoms with Gasteiger partial charge < -0.3 is 0 Å². The molecular formula is C40H66Cl2Hf2Si2. The monoisotopic (exact) mass is 1030 g/mol. The average molecular weight is 1030 g/mol.